The highest BCUT2D eigenvalue weighted by molar-refractivity contribution is 5.13. The lowest BCUT2D eigenvalue weighted by molar-refractivity contribution is 0.235. The Labute approximate surface area is 105 Å². The van der Waals surface area contributed by atoms with Crippen LogP contribution in [0.15, 0.2) is 6.07 Å². The summed E-state index contributed by atoms with van der Waals surface area (Å²) in [6, 6.07) is 2.65. The maximum atomic E-state index is 4.63. The van der Waals surface area contributed by atoms with E-state index >= 15 is 0 Å². The van der Waals surface area contributed by atoms with Gasteiger partial charge in [0.1, 0.15) is 0 Å². The van der Waals surface area contributed by atoms with Gasteiger partial charge in [-0.15, -0.1) is 0 Å². The standard InChI is InChI=1S/C14H25N3/c1-10-5-7-12(8-6-10)14(15-3)13-9-11(2)17(4)16-13/h9-10,12,14-15H,5-8H2,1-4H3. The van der Waals surface area contributed by atoms with E-state index in [1.165, 1.54) is 37.1 Å². The minimum Gasteiger partial charge on any atom is -0.311 e. The monoisotopic (exact) mass is 235 g/mol. The predicted molar refractivity (Wildman–Crippen MR) is 70.9 cm³/mol. The zero-order valence-electron chi connectivity index (χ0n) is 11.5. The van der Waals surface area contributed by atoms with Crippen LogP contribution < -0.4 is 5.32 Å². The van der Waals surface area contributed by atoms with Crippen LogP contribution >= 0.6 is 0 Å². The van der Waals surface area contributed by atoms with E-state index in [1.54, 1.807) is 0 Å². The van der Waals surface area contributed by atoms with Gasteiger partial charge in [0.25, 0.3) is 0 Å². The van der Waals surface area contributed by atoms with Crippen LogP contribution in [0.4, 0.5) is 0 Å². The number of hydrogen-bond donors (Lipinski definition) is 1. The van der Waals surface area contributed by atoms with Crippen molar-refractivity contribution in [3.8, 4) is 0 Å². The van der Waals surface area contributed by atoms with Gasteiger partial charge in [0.15, 0.2) is 0 Å². The molecule has 0 aromatic carbocycles. The summed E-state index contributed by atoms with van der Waals surface area (Å²) in [6.07, 6.45) is 5.41. The van der Waals surface area contributed by atoms with Crippen LogP contribution in [0, 0.1) is 18.8 Å². The van der Waals surface area contributed by atoms with Gasteiger partial charge in [-0.3, -0.25) is 4.68 Å². The summed E-state index contributed by atoms with van der Waals surface area (Å²) in [6.45, 7) is 4.49. The molecule has 17 heavy (non-hydrogen) atoms. The molecule has 1 heterocycles. The Morgan fingerprint density at radius 2 is 2.00 bits per heavy atom. The van der Waals surface area contributed by atoms with Crippen molar-refractivity contribution in [3.05, 3.63) is 17.5 Å². The lowest BCUT2D eigenvalue weighted by Gasteiger charge is -2.31. The second-order valence-corrected chi connectivity index (χ2v) is 5.62. The summed E-state index contributed by atoms with van der Waals surface area (Å²) in [5.41, 5.74) is 2.46. The van der Waals surface area contributed by atoms with Gasteiger partial charge in [-0.05, 0) is 44.7 Å². The molecule has 0 spiro atoms. The van der Waals surface area contributed by atoms with Crippen molar-refractivity contribution >= 4 is 0 Å². The van der Waals surface area contributed by atoms with E-state index in [4.69, 9.17) is 0 Å². The third-order valence-electron chi connectivity index (χ3n) is 4.29. The first kappa shape index (κ1) is 12.6. The molecule has 0 amide bonds. The van der Waals surface area contributed by atoms with E-state index < -0.39 is 0 Å². The second-order valence-electron chi connectivity index (χ2n) is 5.62. The van der Waals surface area contributed by atoms with Crippen LogP contribution in [-0.2, 0) is 7.05 Å². The summed E-state index contributed by atoms with van der Waals surface area (Å²) in [5, 5.41) is 8.10. The molecular weight excluding hydrogens is 210 g/mol. The minimum absolute atomic E-state index is 0.433. The molecule has 0 saturated heterocycles. The lowest BCUT2D eigenvalue weighted by Crippen LogP contribution is -2.28. The molecule has 1 saturated carbocycles. The van der Waals surface area contributed by atoms with E-state index in [0.29, 0.717) is 6.04 Å². The normalized spacial score (nSPS) is 27.1. The molecule has 0 radical (unpaired) electrons. The Morgan fingerprint density at radius 1 is 1.35 bits per heavy atom. The molecule has 1 fully saturated rings. The van der Waals surface area contributed by atoms with Crippen molar-refractivity contribution in [1.82, 2.24) is 15.1 Å². The Morgan fingerprint density at radius 3 is 2.47 bits per heavy atom. The maximum absolute atomic E-state index is 4.63. The lowest BCUT2D eigenvalue weighted by atomic mass is 9.78. The molecule has 1 aliphatic rings. The summed E-state index contributed by atoms with van der Waals surface area (Å²) in [4.78, 5) is 0. The molecule has 1 atom stereocenters. The highest BCUT2D eigenvalue weighted by Crippen LogP contribution is 2.36. The number of nitrogens with zero attached hydrogens (tertiary/aromatic N) is 2. The Balaban J connectivity index is 2.10. The molecule has 0 aliphatic heterocycles. The fourth-order valence-electron chi connectivity index (χ4n) is 2.98. The van der Waals surface area contributed by atoms with Crippen molar-refractivity contribution in [2.45, 2.75) is 45.6 Å². The second kappa shape index (κ2) is 5.21. The Hall–Kier alpha value is -0.830. The first-order chi connectivity index (χ1) is 8.11. The zero-order valence-corrected chi connectivity index (χ0v) is 11.5. The van der Waals surface area contributed by atoms with Crippen molar-refractivity contribution in [2.24, 2.45) is 18.9 Å². The molecule has 1 N–H and O–H groups in total. The molecular formula is C14H25N3. The number of rotatable bonds is 3. The van der Waals surface area contributed by atoms with Crippen LogP contribution in [0.1, 0.15) is 50.0 Å². The van der Waals surface area contributed by atoms with Gasteiger partial charge in [0.2, 0.25) is 0 Å². The third kappa shape index (κ3) is 2.71. The van der Waals surface area contributed by atoms with Gasteiger partial charge in [-0.25, -0.2) is 0 Å². The van der Waals surface area contributed by atoms with Gasteiger partial charge in [-0.1, -0.05) is 19.8 Å². The van der Waals surface area contributed by atoms with Gasteiger partial charge in [-0.2, -0.15) is 5.10 Å². The van der Waals surface area contributed by atoms with Crippen molar-refractivity contribution in [3.63, 3.8) is 0 Å². The minimum atomic E-state index is 0.433. The smallest absolute Gasteiger partial charge is 0.0799 e. The van der Waals surface area contributed by atoms with E-state index in [2.05, 4.69) is 37.4 Å². The first-order valence-corrected chi connectivity index (χ1v) is 6.79. The van der Waals surface area contributed by atoms with Crippen LogP contribution in [0.25, 0.3) is 0 Å². The maximum Gasteiger partial charge on any atom is 0.0799 e. The molecule has 3 nitrogen and oxygen atoms in total. The summed E-state index contributed by atoms with van der Waals surface area (Å²) in [5.74, 6) is 1.67. The van der Waals surface area contributed by atoms with Crippen LogP contribution in [0.2, 0.25) is 0 Å². The van der Waals surface area contributed by atoms with E-state index in [1.807, 2.05) is 11.7 Å². The van der Waals surface area contributed by atoms with Crippen LogP contribution in [-0.4, -0.2) is 16.8 Å². The van der Waals surface area contributed by atoms with Gasteiger partial charge >= 0.3 is 0 Å². The summed E-state index contributed by atoms with van der Waals surface area (Å²) in [7, 11) is 4.08. The summed E-state index contributed by atoms with van der Waals surface area (Å²) < 4.78 is 1.98. The molecule has 3 heteroatoms. The summed E-state index contributed by atoms with van der Waals surface area (Å²) >= 11 is 0. The zero-order chi connectivity index (χ0) is 12.4. The fourth-order valence-corrected chi connectivity index (χ4v) is 2.98. The van der Waals surface area contributed by atoms with Gasteiger partial charge in [0, 0.05) is 12.7 Å². The molecule has 1 unspecified atom stereocenters. The Kier molecular flexibility index (Phi) is 3.87. The number of aromatic nitrogens is 2. The van der Waals surface area contributed by atoms with Gasteiger partial charge in [0.05, 0.1) is 11.7 Å². The molecule has 1 aliphatic carbocycles. The number of nitrogens with one attached hydrogen (secondary N) is 1. The quantitative estimate of drug-likeness (QED) is 0.873. The first-order valence-electron chi connectivity index (χ1n) is 6.79. The number of hydrogen-bond acceptors (Lipinski definition) is 2. The average molecular weight is 235 g/mol. The van der Waals surface area contributed by atoms with E-state index in [0.717, 1.165) is 11.8 Å². The SMILES string of the molecule is CNC(c1cc(C)n(C)n1)C1CCC(C)CC1. The highest BCUT2D eigenvalue weighted by Gasteiger charge is 2.27. The average Bonchev–Trinajstić information content (AvgIpc) is 2.63. The fraction of sp³-hybridized carbons (Fsp3) is 0.786. The molecule has 1 aromatic heterocycles. The largest absolute Gasteiger partial charge is 0.311 e. The van der Waals surface area contributed by atoms with E-state index in [-0.39, 0.29) is 0 Å². The van der Waals surface area contributed by atoms with E-state index in [9.17, 15) is 0 Å². The highest BCUT2D eigenvalue weighted by atomic mass is 15.3. The third-order valence-corrected chi connectivity index (χ3v) is 4.29. The Bertz CT molecular complexity index is 342. The molecule has 0 bridgehead atoms. The molecule has 1 aromatic rings. The number of aryl methyl sites for hydroxylation is 2. The van der Waals surface area contributed by atoms with Crippen LogP contribution in [0.5, 0.6) is 0 Å². The van der Waals surface area contributed by atoms with Crippen molar-refractivity contribution in [2.75, 3.05) is 7.05 Å². The topological polar surface area (TPSA) is 29.9 Å². The molecule has 96 valence electrons. The molecule has 2 rings (SSSR count). The van der Waals surface area contributed by atoms with Crippen molar-refractivity contribution in [1.29, 1.82) is 0 Å². The van der Waals surface area contributed by atoms with Gasteiger partial charge < -0.3 is 5.32 Å². The van der Waals surface area contributed by atoms with Crippen LogP contribution in [0.3, 0.4) is 0 Å². The van der Waals surface area contributed by atoms with Crippen molar-refractivity contribution < 1.29 is 0 Å². The predicted octanol–water partition coefficient (Wildman–Crippen LogP) is 2.82.